The highest BCUT2D eigenvalue weighted by Gasteiger charge is 2.20. The fourth-order valence-corrected chi connectivity index (χ4v) is 2.60. The van der Waals surface area contributed by atoms with Crippen LogP contribution in [0.5, 0.6) is 0 Å². The van der Waals surface area contributed by atoms with Crippen molar-refractivity contribution in [2.75, 3.05) is 43.6 Å². The molecular weight excluding hydrogens is 238 g/mol. The smallest absolute Gasteiger partial charge is 0.130 e. The van der Waals surface area contributed by atoms with Gasteiger partial charge in [0.05, 0.1) is 6.61 Å². The van der Waals surface area contributed by atoms with Gasteiger partial charge in [-0.25, -0.2) is 4.98 Å². The van der Waals surface area contributed by atoms with Crippen LogP contribution in [0.3, 0.4) is 0 Å². The van der Waals surface area contributed by atoms with E-state index in [4.69, 9.17) is 9.72 Å². The normalized spacial score (nSPS) is 19.5. The van der Waals surface area contributed by atoms with Gasteiger partial charge in [0.15, 0.2) is 0 Å². The van der Waals surface area contributed by atoms with Crippen molar-refractivity contribution in [3.8, 4) is 0 Å². The Morgan fingerprint density at radius 3 is 3.16 bits per heavy atom. The van der Waals surface area contributed by atoms with Gasteiger partial charge in [0.25, 0.3) is 0 Å². The lowest BCUT2D eigenvalue weighted by atomic mass is 9.99. The molecule has 1 N–H and O–H groups in total. The number of rotatable bonds is 6. The molecule has 1 atom stereocenters. The van der Waals surface area contributed by atoms with E-state index in [0.717, 1.165) is 44.3 Å². The van der Waals surface area contributed by atoms with E-state index in [1.807, 2.05) is 6.07 Å². The maximum atomic E-state index is 5.28. The Kier molecular flexibility index (Phi) is 5.45. The zero-order valence-electron chi connectivity index (χ0n) is 12.1. The van der Waals surface area contributed by atoms with Gasteiger partial charge in [-0.05, 0) is 37.3 Å². The van der Waals surface area contributed by atoms with Crippen molar-refractivity contribution in [2.24, 2.45) is 5.92 Å². The highest BCUT2D eigenvalue weighted by molar-refractivity contribution is 5.47. The largest absolute Gasteiger partial charge is 0.384 e. The molecule has 1 aromatic heterocycles. The molecule has 2 rings (SSSR count). The molecule has 0 bridgehead atoms. The molecule has 0 radical (unpaired) electrons. The molecule has 0 amide bonds. The molecule has 0 aliphatic carbocycles. The molecular formula is C15H25N3O. The van der Waals surface area contributed by atoms with Crippen LogP contribution >= 0.6 is 0 Å². The maximum absolute atomic E-state index is 5.28. The molecule has 1 aliphatic rings. The maximum Gasteiger partial charge on any atom is 0.130 e. The number of nitrogens with zero attached hydrogens (tertiary/aromatic N) is 2. The number of hydrogen-bond acceptors (Lipinski definition) is 4. The molecule has 2 heterocycles. The van der Waals surface area contributed by atoms with Gasteiger partial charge in [0, 0.05) is 26.7 Å². The van der Waals surface area contributed by atoms with Crippen LogP contribution in [0, 0.1) is 5.92 Å². The number of anilines is 2. The van der Waals surface area contributed by atoms with Crippen molar-refractivity contribution in [3.05, 3.63) is 18.2 Å². The molecule has 4 nitrogen and oxygen atoms in total. The summed E-state index contributed by atoms with van der Waals surface area (Å²) in [5, 5.41) is 3.35. The van der Waals surface area contributed by atoms with Gasteiger partial charge in [0.2, 0.25) is 0 Å². The molecule has 19 heavy (non-hydrogen) atoms. The topological polar surface area (TPSA) is 37.4 Å². The van der Waals surface area contributed by atoms with Crippen LogP contribution < -0.4 is 10.2 Å². The summed E-state index contributed by atoms with van der Waals surface area (Å²) in [5.41, 5.74) is 0. The molecule has 1 aromatic rings. The minimum Gasteiger partial charge on any atom is -0.384 e. The average molecular weight is 263 g/mol. The van der Waals surface area contributed by atoms with Crippen LogP contribution in [0.1, 0.15) is 26.2 Å². The minimum absolute atomic E-state index is 0.632. The number of aromatic nitrogens is 1. The Balaban J connectivity index is 1.99. The fourth-order valence-electron chi connectivity index (χ4n) is 2.60. The molecule has 1 unspecified atom stereocenters. The lowest BCUT2D eigenvalue weighted by Crippen LogP contribution is -2.37. The molecule has 1 fully saturated rings. The Hall–Kier alpha value is -1.29. The van der Waals surface area contributed by atoms with E-state index in [2.05, 4.69) is 29.3 Å². The number of pyridine rings is 1. The van der Waals surface area contributed by atoms with E-state index in [1.165, 1.54) is 12.8 Å². The van der Waals surface area contributed by atoms with Crippen LogP contribution in [0.2, 0.25) is 0 Å². The van der Waals surface area contributed by atoms with Gasteiger partial charge < -0.3 is 15.0 Å². The lowest BCUT2D eigenvalue weighted by molar-refractivity contribution is 0.143. The molecule has 4 heteroatoms. The van der Waals surface area contributed by atoms with Crippen molar-refractivity contribution in [3.63, 3.8) is 0 Å². The second kappa shape index (κ2) is 7.34. The van der Waals surface area contributed by atoms with Crippen LogP contribution in [0.15, 0.2) is 18.2 Å². The van der Waals surface area contributed by atoms with Crippen LogP contribution in [-0.2, 0) is 4.74 Å². The van der Waals surface area contributed by atoms with E-state index >= 15 is 0 Å². The first kappa shape index (κ1) is 14.1. The number of methoxy groups -OCH3 is 1. The molecule has 1 aliphatic heterocycles. The summed E-state index contributed by atoms with van der Waals surface area (Å²) in [4.78, 5) is 7.08. The summed E-state index contributed by atoms with van der Waals surface area (Å²) in [6, 6.07) is 6.22. The second-order valence-corrected chi connectivity index (χ2v) is 5.22. The molecule has 1 saturated heterocycles. The van der Waals surface area contributed by atoms with E-state index in [-0.39, 0.29) is 0 Å². The summed E-state index contributed by atoms with van der Waals surface area (Å²) >= 11 is 0. The summed E-state index contributed by atoms with van der Waals surface area (Å²) in [6.45, 7) is 6.15. The first-order chi connectivity index (χ1) is 9.33. The van der Waals surface area contributed by atoms with Gasteiger partial charge in [-0.2, -0.15) is 0 Å². The fraction of sp³-hybridized carbons (Fsp3) is 0.667. The summed E-state index contributed by atoms with van der Waals surface area (Å²) < 4.78 is 5.28. The van der Waals surface area contributed by atoms with Gasteiger partial charge in [-0.3, -0.25) is 0 Å². The average Bonchev–Trinajstić information content (AvgIpc) is 2.46. The zero-order valence-corrected chi connectivity index (χ0v) is 12.1. The SMILES string of the molecule is CCCNc1cccc(N2CCCC(COC)C2)n1. The standard InChI is InChI=1S/C15H25N3O/c1-3-9-16-14-7-4-8-15(17-14)18-10-5-6-13(11-18)12-19-2/h4,7-8,13H,3,5-6,9-12H2,1-2H3,(H,16,17). The van der Waals surface area contributed by atoms with Crippen molar-refractivity contribution in [1.82, 2.24) is 4.98 Å². The Morgan fingerprint density at radius 1 is 1.47 bits per heavy atom. The lowest BCUT2D eigenvalue weighted by Gasteiger charge is -2.33. The zero-order chi connectivity index (χ0) is 13.5. The first-order valence-corrected chi connectivity index (χ1v) is 7.28. The van der Waals surface area contributed by atoms with Gasteiger partial charge >= 0.3 is 0 Å². The molecule has 0 spiro atoms. The first-order valence-electron chi connectivity index (χ1n) is 7.28. The predicted octanol–water partition coefficient (Wildman–Crippen LogP) is 2.77. The van der Waals surface area contributed by atoms with Gasteiger partial charge in [-0.1, -0.05) is 13.0 Å². The minimum atomic E-state index is 0.632. The number of nitrogens with one attached hydrogen (secondary N) is 1. The summed E-state index contributed by atoms with van der Waals surface area (Å²) in [6.07, 6.45) is 3.60. The van der Waals surface area contributed by atoms with E-state index in [9.17, 15) is 0 Å². The Bertz CT molecular complexity index is 381. The van der Waals surface area contributed by atoms with Crippen LogP contribution in [0.25, 0.3) is 0 Å². The van der Waals surface area contributed by atoms with Crippen molar-refractivity contribution < 1.29 is 4.74 Å². The second-order valence-electron chi connectivity index (χ2n) is 5.22. The van der Waals surface area contributed by atoms with Crippen LogP contribution in [0.4, 0.5) is 11.6 Å². The molecule has 0 saturated carbocycles. The third-order valence-corrected chi connectivity index (χ3v) is 3.54. The third-order valence-electron chi connectivity index (χ3n) is 3.54. The Morgan fingerprint density at radius 2 is 2.37 bits per heavy atom. The third kappa shape index (κ3) is 4.10. The van der Waals surface area contributed by atoms with Crippen molar-refractivity contribution >= 4 is 11.6 Å². The summed E-state index contributed by atoms with van der Waals surface area (Å²) in [5.74, 6) is 2.70. The van der Waals surface area contributed by atoms with E-state index in [1.54, 1.807) is 7.11 Å². The van der Waals surface area contributed by atoms with E-state index in [0.29, 0.717) is 5.92 Å². The van der Waals surface area contributed by atoms with Crippen LogP contribution in [-0.4, -0.2) is 38.3 Å². The van der Waals surface area contributed by atoms with Gasteiger partial charge in [0.1, 0.15) is 11.6 Å². The highest BCUT2D eigenvalue weighted by Crippen LogP contribution is 2.22. The number of piperidine rings is 1. The molecule has 106 valence electrons. The van der Waals surface area contributed by atoms with Gasteiger partial charge in [-0.15, -0.1) is 0 Å². The molecule has 0 aromatic carbocycles. The van der Waals surface area contributed by atoms with Crippen molar-refractivity contribution in [2.45, 2.75) is 26.2 Å². The quantitative estimate of drug-likeness (QED) is 0.856. The Labute approximate surface area is 116 Å². The van der Waals surface area contributed by atoms with E-state index < -0.39 is 0 Å². The number of ether oxygens (including phenoxy) is 1. The predicted molar refractivity (Wildman–Crippen MR) is 79.8 cm³/mol. The highest BCUT2D eigenvalue weighted by atomic mass is 16.5. The monoisotopic (exact) mass is 263 g/mol. The van der Waals surface area contributed by atoms with Crippen molar-refractivity contribution in [1.29, 1.82) is 0 Å². The number of hydrogen-bond donors (Lipinski definition) is 1. The summed E-state index contributed by atoms with van der Waals surface area (Å²) in [7, 11) is 1.78.